The van der Waals surface area contributed by atoms with Crippen LogP contribution in [0.25, 0.3) is 0 Å². The van der Waals surface area contributed by atoms with Crippen LogP contribution in [0.15, 0.2) is 0 Å². The average molecular weight is 702 g/mol. The van der Waals surface area contributed by atoms with Crippen molar-refractivity contribution in [2.45, 2.75) is 87.4 Å². The molecule has 0 aromatic rings. The maximum Gasteiger partial charge on any atom is 0.303 e. The van der Waals surface area contributed by atoms with Gasteiger partial charge in [0.15, 0.2) is 24.2 Å². The van der Waals surface area contributed by atoms with E-state index in [1.54, 1.807) is 0 Å². The number of nitrogens with zero attached hydrogens (tertiary/aromatic N) is 1. The Morgan fingerprint density at radius 2 is 1.33 bits per heavy atom. The number of aliphatic hydroxyl groups excluding tert-OH is 4. The van der Waals surface area contributed by atoms with Crippen LogP contribution in [0.4, 0.5) is 0 Å². The van der Waals surface area contributed by atoms with Crippen LogP contribution in [-0.4, -0.2) is 149 Å². The van der Waals surface area contributed by atoms with Gasteiger partial charge in [-0.15, -0.1) is 23.5 Å². The zero-order chi connectivity index (χ0) is 35.6. The van der Waals surface area contributed by atoms with Gasteiger partial charge in [-0.1, -0.05) is 0 Å². The minimum atomic E-state index is -1.38. The van der Waals surface area contributed by atoms with Crippen molar-refractivity contribution in [2.75, 3.05) is 38.9 Å². The molecule has 10 atom stereocenters. The Hall–Kier alpha value is -2.74. The fourth-order valence-corrected chi connectivity index (χ4v) is 5.74. The molecule has 2 aliphatic rings. The van der Waals surface area contributed by atoms with Crippen LogP contribution in [0.1, 0.15) is 27.7 Å². The largest absolute Gasteiger partial charge is 0.484 e. The summed E-state index contributed by atoms with van der Waals surface area (Å²) in [6, 6.07) is 1.92. The monoisotopic (exact) mass is 701 g/mol. The molecule has 0 aromatic carbocycles. The molecular weight excluding hydrogens is 658 g/mol. The highest BCUT2D eigenvalue weighted by atomic mass is 32.2. The van der Waals surface area contributed by atoms with Gasteiger partial charge in [0.25, 0.3) is 0 Å². The molecule has 18 nitrogen and oxygen atoms in total. The number of nitrogens with one attached hydrogen (secondary N) is 1. The number of methoxy groups -OCH3 is 1. The van der Waals surface area contributed by atoms with E-state index in [4.69, 9.17) is 44.2 Å². The minimum absolute atomic E-state index is 0.00621. The van der Waals surface area contributed by atoms with Crippen molar-refractivity contribution < 1.29 is 72.8 Å². The maximum atomic E-state index is 11.6. The predicted molar refractivity (Wildman–Crippen MR) is 161 cm³/mol. The molecule has 2 heterocycles. The first-order valence-corrected chi connectivity index (χ1v) is 15.7. The molecule has 20 heteroatoms. The molecule has 2 saturated heterocycles. The first-order chi connectivity index (χ1) is 21.7. The van der Waals surface area contributed by atoms with E-state index >= 15 is 0 Å². The van der Waals surface area contributed by atoms with E-state index in [-0.39, 0.29) is 24.0 Å². The molecule has 46 heavy (non-hydrogen) atoms. The SMILES string of the molecule is CC(=O)OCC1OC(SCC#N)C(OC(C)=O)C(OC(C)=O)C1OC(C)=O.CN.COC(=N)CSC1OC(CO)C(O)C(O)C1O. The van der Waals surface area contributed by atoms with Gasteiger partial charge >= 0.3 is 23.9 Å². The molecule has 7 N–H and O–H groups in total. The van der Waals surface area contributed by atoms with Crippen LogP contribution < -0.4 is 5.73 Å². The Labute approximate surface area is 274 Å². The van der Waals surface area contributed by atoms with Crippen molar-refractivity contribution in [3.8, 4) is 6.07 Å². The fourth-order valence-electron chi connectivity index (χ4n) is 3.86. The van der Waals surface area contributed by atoms with E-state index in [0.29, 0.717) is 0 Å². The molecule has 0 bridgehead atoms. The van der Waals surface area contributed by atoms with Crippen LogP contribution in [-0.2, 0) is 52.3 Å². The van der Waals surface area contributed by atoms with Crippen molar-refractivity contribution in [1.29, 1.82) is 10.7 Å². The number of hydrogen-bond acceptors (Lipinski definition) is 20. The second kappa shape index (κ2) is 22.7. The summed E-state index contributed by atoms with van der Waals surface area (Å²) < 4.78 is 36.3. The van der Waals surface area contributed by atoms with Gasteiger partial charge in [0.2, 0.25) is 0 Å². The first kappa shape index (κ1) is 43.3. The summed E-state index contributed by atoms with van der Waals surface area (Å²) in [6.45, 7) is 3.89. The first-order valence-electron chi connectivity index (χ1n) is 13.6. The second-order valence-electron chi connectivity index (χ2n) is 9.17. The van der Waals surface area contributed by atoms with Gasteiger partial charge in [0.1, 0.15) is 48.0 Å². The minimum Gasteiger partial charge on any atom is -0.484 e. The lowest BCUT2D eigenvalue weighted by Gasteiger charge is -2.44. The highest BCUT2D eigenvalue weighted by Crippen LogP contribution is 2.34. The third-order valence-electron chi connectivity index (χ3n) is 5.73. The Kier molecular flexibility index (Phi) is 21.4. The zero-order valence-electron chi connectivity index (χ0n) is 26.2. The lowest BCUT2D eigenvalue weighted by molar-refractivity contribution is -0.237. The molecular formula is C26H43N3O15S2. The maximum absolute atomic E-state index is 11.6. The highest BCUT2D eigenvalue weighted by molar-refractivity contribution is 8.00. The van der Waals surface area contributed by atoms with Gasteiger partial charge in [-0.3, -0.25) is 24.6 Å². The number of ether oxygens (including phenoxy) is 7. The molecule has 0 spiro atoms. The molecule has 2 fully saturated rings. The number of carbonyl (C=O) groups is 4. The van der Waals surface area contributed by atoms with E-state index in [1.165, 1.54) is 21.1 Å². The van der Waals surface area contributed by atoms with Crippen LogP contribution in [0.2, 0.25) is 0 Å². The number of aliphatic hydroxyl groups is 4. The number of thioether (sulfide) groups is 2. The van der Waals surface area contributed by atoms with Gasteiger partial charge in [-0.2, -0.15) is 5.26 Å². The highest BCUT2D eigenvalue weighted by Gasteiger charge is 2.52. The number of nitrogens with two attached hydrogens (primary N) is 1. The van der Waals surface area contributed by atoms with E-state index in [9.17, 15) is 34.5 Å². The van der Waals surface area contributed by atoms with Crippen molar-refractivity contribution in [2.24, 2.45) is 5.73 Å². The van der Waals surface area contributed by atoms with Crippen molar-refractivity contribution in [1.82, 2.24) is 0 Å². The quantitative estimate of drug-likeness (QED) is 0.0590. The lowest BCUT2D eigenvalue weighted by atomic mass is 9.99. The van der Waals surface area contributed by atoms with Gasteiger partial charge in [-0.25, -0.2) is 0 Å². The third kappa shape index (κ3) is 14.8. The number of hydrogen-bond donors (Lipinski definition) is 6. The topological polar surface area (TPSA) is 287 Å². The van der Waals surface area contributed by atoms with E-state index < -0.39 is 90.2 Å². The third-order valence-corrected chi connectivity index (χ3v) is 7.88. The van der Waals surface area contributed by atoms with E-state index in [2.05, 4.69) is 10.5 Å². The van der Waals surface area contributed by atoms with Crippen LogP contribution >= 0.6 is 23.5 Å². The summed E-state index contributed by atoms with van der Waals surface area (Å²) in [7, 11) is 2.86. The zero-order valence-corrected chi connectivity index (χ0v) is 27.9. The van der Waals surface area contributed by atoms with Crippen LogP contribution in [0.3, 0.4) is 0 Å². The molecule has 0 radical (unpaired) electrons. The van der Waals surface area contributed by atoms with Gasteiger partial charge in [0, 0.05) is 27.7 Å². The molecule has 10 unspecified atom stereocenters. The Bertz CT molecular complexity index is 1030. The van der Waals surface area contributed by atoms with Crippen molar-refractivity contribution in [3.05, 3.63) is 0 Å². The fraction of sp³-hybridized carbons (Fsp3) is 0.769. The number of carbonyl (C=O) groups excluding carboxylic acids is 4. The summed E-state index contributed by atoms with van der Waals surface area (Å²) in [5.41, 5.74) is 2.77. The van der Waals surface area contributed by atoms with Crippen LogP contribution in [0, 0.1) is 16.7 Å². The molecule has 2 aliphatic heterocycles. The van der Waals surface area contributed by atoms with Crippen molar-refractivity contribution >= 4 is 53.3 Å². The van der Waals surface area contributed by atoms with Gasteiger partial charge in [-0.05, 0) is 7.05 Å². The summed E-state index contributed by atoms with van der Waals surface area (Å²) >= 11 is 2.06. The van der Waals surface area contributed by atoms with Gasteiger partial charge in [0.05, 0.1) is 31.3 Å². The van der Waals surface area contributed by atoms with Crippen LogP contribution in [0.5, 0.6) is 0 Å². The Morgan fingerprint density at radius 3 is 1.80 bits per heavy atom. The average Bonchev–Trinajstić information content (AvgIpc) is 3.00. The molecule has 2 rings (SSSR count). The normalized spacial score (nSPS) is 30.0. The predicted octanol–water partition coefficient (Wildman–Crippen LogP) is -1.96. The summed E-state index contributed by atoms with van der Waals surface area (Å²) in [4.78, 5) is 45.8. The van der Waals surface area contributed by atoms with Gasteiger partial charge < -0.3 is 59.3 Å². The molecule has 0 saturated carbocycles. The van der Waals surface area contributed by atoms with Crippen molar-refractivity contribution in [3.63, 3.8) is 0 Å². The summed E-state index contributed by atoms with van der Waals surface area (Å²) in [6.07, 6.45) is -9.45. The smallest absolute Gasteiger partial charge is 0.303 e. The van der Waals surface area contributed by atoms with E-state index in [0.717, 1.165) is 44.3 Å². The summed E-state index contributed by atoms with van der Waals surface area (Å²) in [5, 5.41) is 53.7. The molecule has 264 valence electrons. The summed E-state index contributed by atoms with van der Waals surface area (Å²) in [5.74, 6) is -2.50. The Morgan fingerprint density at radius 1 is 0.804 bits per heavy atom. The molecule has 0 amide bonds. The number of rotatable bonds is 11. The molecule has 0 aliphatic carbocycles. The van der Waals surface area contributed by atoms with E-state index in [1.807, 2.05) is 6.07 Å². The lowest BCUT2D eigenvalue weighted by Crippen LogP contribution is -2.61. The number of nitriles is 1. The Balaban J connectivity index is 0.000000913. The molecule has 0 aromatic heterocycles. The number of esters is 4. The standard InChI is InChI=1S/C16H21NO9S.C9H17NO6S.CH5N/c1-8(18)22-7-12-13(23-9(2)19)14(24-10(3)20)15(25-11(4)21)16(26-12)27-6-5-17;1-15-5(10)3-17-9-8(14)7(13)6(12)4(2-11)16-9;1-2/h12-16H,6-7H2,1-4H3;4,6-14H,2-3H2,1H3;2H2,1H3. The second-order valence-corrected chi connectivity index (χ2v) is 11.3.